The number of rotatable bonds is 5. The zero-order chi connectivity index (χ0) is 13.0. The van der Waals surface area contributed by atoms with Crippen molar-refractivity contribution in [3.05, 3.63) is 29.6 Å². The number of amides is 1. The molecule has 1 fully saturated rings. The monoisotopic (exact) mass is 243 g/mol. The Balaban J connectivity index is 2.09. The van der Waals surface area contributed by atoms with Crippen molar-refractivity contribution in [2.24, 2.45) is 0 Å². The Bertz CT molecular complexity index is 457. The van der Waals surface area contributed by atoms with Crippen LogP contribution in [0, 0.1) is 11.3 Å². The molecule has 0 unspecified atom stereocenters. The van der Waals surface area contributed by atoms with E-state index in [1.54, 1.807) is 12.1 Å². The van der Waals surface area contributed by atoms with Gasteiger partial charge in [-0.15, -0.1) is 0 Å². The highest BCUT2D eigenvalue weighted by molar-refractivity contribution is 5.92. The van der Waals surface area contributed by atoms with Crippen molar-refractivity contribution >= 4 is 5.91 Å². The summed E-state index contributed by atoms with van der Waals surface area (Å²) in [5, 5.41) is 8.71. The molecular weight excluding hydrogens is 226 g/mol. The van der Waals surface area contributed by atoms with Crippen molar-refractivity contribution < 1.29 is 4.79 Å². The van der Waals surface area contributed by atoms with Gasteiger partial charge in [0, 0.05) is 18.8 Å². The summed E-state index contributed by atoms with van der Waals surface area (Å²) in [4.78, 5) is 18.3. The smallest absolute Gasteiger partial charge is 0.272 e. The first-order chi connectivity index (χ1) is 8.76. The Morgan fingerprint density at radius 2 is 2.33 bits per heavy atom. The number of pyridine rings is 1. The lowest BCUT2D eigenvalue weighted by atomic mass is 10.2. The van der Waals surface area contributed by atoms with Crippen LogP contribution in [0.3, 0.4) is 0 Å². The molecule has 1 aliphatic carbocycles. The SMILES string of the molecule is CCCCN(C(=O)c1ccc(C#N)cn1)C1CC1. The minimum Gasteiger partial charge on any atom is -0.334 e. The molecule has 0 spiro atoms. The highest BCUT2D eigenvalue weighted by Gasteiger charge is 2.32. The van der Waals surface area contributed by atoms with Crippen LogP contribution in [0.15, 0.2) is 18.3 Å². The van der Waals surface area contributed by atoms with Crippen LogP contribution in [0.1, 0.15) is 48.7 Å². The summed E-state index contributed by atoms with van der Waals surface area (Å²) in [5.41, 5.74) is 0.926. The molecule has 1 saturated carbocycles. The Morgan fingerprint density at radius 3 is 2.83 bits per heavy atom. The molecule has 1 aromatic heterocycles. The van der Waals surface area contributed by atoms with Crippen LogP contribution in [0.4, 0.5) is 0 Å². The van der Waals surface area contributed by atoms with E-state index < -0.39 is 0 Å². The number of aromatic nitrogens is 1. The second-order valence-corrected chi connectivity index (χ2v) is 4.63. The van der Waals surface area contributed by atoms with E-state index in [9.17, 15) is 4.79 Å². The average molecular weight is 243 g/mol. The Kier molecular flexibility index (Phi) is 3.93. The zero-order valence-corrected chi connectivity index (χ0v) is 10.6. The number of nitriles is 1. The molecule has 0 atom stereocenters. The van der Waals surface area contributed by atoms with Crippen LogP contribution in [0.5, 0.6) is 0 Å². The number of hydrogen-bond donors (Lipinski definition) is 0. The van der Waals surface area contributed by atoms with Crippen LogP contribution in [-0.2, 0) is 0 Å². The second-order valence-electron chi connectivity index (χ2n) is 4.63. The summed E-state index contributed by atoms with van der Waals surface area (Å²) in [6.45, 7) is 2.93. The summed E-state index contributed by atoms with van der Waals surface area (Å²) in [6, 6.07) is 5.69. The molecule has 1 amide bonds. The quantitative estimate of drug-likeness (QED) is 0.797. The van der Waals surface area contributed by atoms with Crippen molar-refractivity contribution in [2.45, 2.75) is 38.6 Å². The van der Waals surface area contributed by atoms with E-state index in [1.807, 2.05) is 11.0 Å². The third kappa shape index (κ3) is 2.86. The second kappa shape index (κ2) is 5.63. The molecule has 0 aliphatic heterocycles. The topological polar surface area (TPSA) is 57.0 Å². The molecule has 0 aromatic carbocycles. The van der Waals surface area contributed by atoms with Crippen LogP contribution < -0.4 is 0 Å². The zero-order valence-electron chi connectivity index (χ0n) is 10.6. The fraction of sp³-hybridized carbons (Fsp3) is 0.500. The molecule has 0 bridgehead atoms. The Morgan fingerprint density at radius 1 is 1.56 bits per heavy atom. The van der Waals surface area contributed by atoms with Crippen LogP contribution in [-0.4, -0.2) is 28.4 Å². The maximum atomic E-state index is 12.3. The molecule has 1 heterocycles. The van der Waals surface area contributed by atoms with Gasteiger partial charge < -0.3 is 4.90 Å². The van der Waals surface area contributed by atoms with Crippen molar-refractivity contribution in [1.29, 1.82) is 5.26 Å². The van der Waals surface area contributed by atoms with Crippen molar-refractivity contribution in [3.8, 4) is 6.07 Å². The number of hydrogen-bond acceptors (Lipinski definition) is 3. The molecule has 94 valence electrons. The van der Waals surface area contributed by atoms with Gasteiger partial charge in [0.25, 0.3) is 5.91 Å². The summed E-state index contributed by atoms with van der Waals surface area (Å²) in [7, 11) is 0. The molecule has 0 saturated heterocycles. The summed E-state index contributed by atoms with van der Waals surface area (Å²) in [6.07, 6.45) is 5.77. The number of nitrogens with zero attached hydrogens (tertiary/aromatic N) is 3. The van der Waals surface area contributed by atoms with Gasteiger partial charge in [0.05, 0.1) is 5.56 Å². The largest absolute Gasteiger partial charge is 0.334 e. The predicted octanol–water partition coefficient (Wildman–Crippen LogP) is 2.36. The van der Waals surface area contributed by atoms with Crippen LogP contribution in [0.25, 0.3) is 0 Å². The highest BCUT2D eigenvalue weighted by Crippen LogP contribution is 2.28. The normalized spacial score (nSPS) is 14.0. The first-order valence-electron chi connectivity index (χ1n) is 6.43. The standard InChI is InChI=1S/C14H17N3O/c1-2-3-8-17(12-5-6-12)14(18)13-7-4-11(9-15)10-16-13/h4,7,10,12H,2-3,5-6,8H2,1H3. The van der Waals surface area contributed by atoms with Crippen LogP contribution in [0.2, 0.25) is 0 Å². The van der Waals surface area contributed by atoms with E-state index >= 15 is 0 Å². The molecular formula is C14H17N3O. The van der Waals surface area contributed by atoms with Gasteiger partial charge in [0.15, 0.2) is 0 Å². The minimum atomic E-state index is -0.00422. The lowest BCUT2D eigenvalue weighted by Gasteiger charge is -2.21. The lowest BCUT2D eigenvalue weighted by Crippen LogP contribution is -2.34. The molecule has 4 nitrogen and oxygen atoms in total. The van der Waals surface area contributed by atoms with Gasteiger partial charge in [-0.3, -0.25) is 4.79 Å². The first kappa shape index (κ1) is 12.6. The van der Waals surface area contributed by atoms with E-state index in [1.165, 1.54) is 6.20 Å². The molecule has 4 heteroatoms. The summed E-state index contributed by atoms with van der Waals surface area (Å²) >= 11 is 0. The number of carbonyl (C=O) groups is 1. The summed E-state index contributed by atoms with van der Waals surface area (Å²) < 4.78 is 0. The van der Waals surface area contributed by atoms with Crippen molar-refractivity contribution in [3.63, 3.8) is 0 Å². The lowest BCUT2D eigenvalue weighted by molar-refractivity contribution is 0.0735. The van der Waals surface area contributed by atoms with E-state index in [0.29, 0.717) is 17.3 Å². The fourth-order valence-corrected chi connectivity index (χ4v) is 1.90. The van der Waals surface area contributed by atoms with E-state index in [-0.39, 0.29) is 5.91 Å². The fourth-order valence-electron chi connectivity index (χ4n) is 1.90. The molecule has 2 rings (SSSR count). The first-order valence-corrected chi connectivity index (χ1v) is 6.43. The van der Waals surface area contributed by atoms with Gasteiger partial charge in [0.1, 0.15) is 11.8 Å². The van der Waals surface area contributed by atoms with Gasteiger partial charge in [-0.2, -0.15) is 5.26 Å². The maximum absolute atomic E-state index is 12.3. The van der Waals surface area contributed by atoms with Gasteiger partial charge in [-0.25, -0.2) is 4.98 Å². The minimum absolute atomic E-state index is 0.00422. The number of unbranched alkanes of at least 4 members (excludes halogenated alkanes) is 1. The van der Waals surface area contributed by atoms with E-state index in [0.717, 1.165) is 32.2 Å². The van der Waals surface area contributed by atoms with Crippen molar-refractivity contribution in [2.75, 3.05) is 6.54 Å². The third-order valence-electron chi connectivity index (χ3n) is 3.11. The molecule has 1 aliphatic rings. The molecule has 0 N–H and O–H groups in total. The highest BCUT2D eigenvalue weighted by atomic mass is 16.2. The Hall–Kier alpha value is -1.89. The van der Waals surface area contributed by atoms with Crippen molar-refractivity contribution in [1.82, 2.24) is 9.88 Å². The molecule has 1 aromatic rings. The van der Waals surface area contributed by atoms with E-state index in [4.69, 9.17) is 5.26 Å². The third-order valence-corrected chi connectivity index (χ3v) is 3.11. The average Bonchev–Trinajstić information content (AvgIpc) is 3.24. The Labute approximate surface area is 107 Å². The van der Waals surface area contributed by atoms with Gasteiger partial charge in [0.2, 0.25) is 0 Å². The van der Waals surface area contributed by atoms with Gasteiger partial charge in [-0.05, 0) is 31.4 Å². The summed E-state index contributed by atoms with van der Waals surface area (Å²) in [5.74, 6) is -0.00422. The van der Waals surface area contributed by atoms with Gasteiger partial charge >= 0.3 is 0 Å². The van der Waals surface area contributed by atoms with E-state index in [2.05, 4.69) is 11.9 Å². The van der Waals surface area contributed by atoms with Crippen LogP contribution >= 0.6 is 0 Å². The van der Waals surface area contributed by atoms with Gasteiger partial charge in [-0.1, -0.05) is 13.3 Å². The molecule has 0 radical (unpaired) electrons. The molecule has 18 heavy (non-hydrogen) atoms. The number of carbonyl (C=O) groups excluding carboxylic acids is 1. The maximum Gasteiger partial charge on any atom is 0.272 e. The predicted molar refractivity (Wildman–Crippen MR) is 67.9 cm³/mol.